The molecule has 1 aliphatic carbocycles. The van der Waals surface area contributed by atoms with Gasteiger partial charge in [0.05, 0.1) is 24.1 Å². The van der Waals surface area contributed by atoms with Gasteiger partial charge in [0.15, 0.2) is 0 Å². The summed E-state index contributed by atoms with van der Waals surface area (Å²) in [6.07, 6.45) is -2.53. The Labute approximate surface area is 260 Å². The van der Waals surface area contributed by atoms with Crippen LogP contribution in [0.15, 0.2) is 48.7 Å². The van der Waals surface area contributed by atoms with E-state index in [-0.39, 0.29) is 41.6 Å². The molecular weight excluding hydrogens is 603 g/mol. The molecule has 0 saturated heterocycles. The summed E-state index contributed by atoms with van der Waals surface area (Å²) < 4.78 is 56.7. The van der Waals surface area contributed by atoms with E-state index in [1.54, 1.807) is 24.4 Å². The number of ether oxygens (including phenoxy) is 2. The second-order valence-electron chi connectivity index (χ2n) is 12.0. The van der Waals surface area contributed by atoms with Crippen LogP contribution in [0.4, 0.5) is 19.0 Å². The summed E-state index contributed by atoms with van der Waals surface area (Å²) in [5.74, 6) is 2.96. The van der Waals surface area contributed by atoms with E-state index in [9.17, 15) is 22.8 Å². The molecule has 3 atom stereocenters. The molecule has 8 rings (SSSR count). The van der Waals surface area contributed by atoms with Crippen molar-refractivity contribution in [3.63, 3.8) is 0 Å². The van der Waals surface area contributed by atoms with Crippen molar-refractivity contribution in [3.8, 4) is 17.2 Å². The van der Waals surface area contributed by atoms with Gasteiger partial charge < -0.3 is 24.7 Å². The van der Waals surface area contributed by atoms with Crippen molar-refractivity contribution in [3.05, 3.63) is 88.1 Å². The van der Waals surface area contributed by atoms with Gasteiger partial charge in [-0.15, -0.1) is 10.2 Å². The summed E-state index contributed by atoms with van der Waals surface area (Å²) in [6, 6.07) is 10.5. The number of anilines is 1. The van der Waals surface area contributed by atoms with Crippen molar-refractivity contribution in [2.45, 2.75) is 63.6 Å². The van der Waals surface area contributed by atoms with Gasteiger partial charge in [-0.1, -0.05) is 6.07 Å². The smallest absolute Gasteiger partial charge is 0.416 e. The molecule has 2 N–H and O–H groups in total. The van der Waals surface area contributed by atoms with Crippen molar-refractivity contribution < 1.29 is 32.2 Å². The molecule has 2 aromatic heterocycles. The number of aryl methyl sites for hydroxylation is 1. The standard InChI is InChI=1S/C32H28F3N7O4/c1-16-39-40-25-15-41(10-11-42(16)25)14-18-3-2-17(12-22(18)32(33,34)35)31(44)38-28-27-21-13-19(4-6-23(21)46-29(27)28)45-24-8-9-36-30-20(24)5-7-26(43)37-30/h2-4,6,8-9,12-13,27-29H,5,7,10-11,14-15H2,1H3,(H,38,44)(H,36,37,43)/t27-,28+,29-/m0/s1. The summed E-state index contributed by atoms with van der Waals surface area (Å²) in [5, 5.41) is 13.8. The predicted molar refractivity (Wildman–Crippen MR) is 156 cm³/mol. The number of fused-ring (bicyclic) bond motifs is 5. The maximum atomic E-state index is 14.2. The van der Waals surface area contributed by atoms with E-state index in [4.69, 9.17) is 9.47 Å². The molecule has 4 aliphatic rings. The van der Waals surface area contributed by atoms with Crippen molar-refractivity contribution in [1.29, 1.82) is 0 Å². The van der Waals surface area contributed by atoms with Crippen LogP contribution in [0.5, 0.6) is 17.2 Å². The third-order valence-electron chi connectivity index (χ3n) is 9.04. The first-order valence-corrected chi connectivity index (χ1v) is 15.0. The average molecular weight is 632 g/mol. The highest BCUT2D eigenvalue weighted by Gasteiger charge is 2.59. The lowest BCUT2D eigenvalue weighted by Crippen LogP contribution is -2.34. The van der Waals surface area contributed by atoms with Crippen LogP contribution in [-0.2, 0) is 37.0 Å². The Morgan fingerprint density at radius 2 is 2.00 bits per heavy atom. The van der Waals surface area contributed by atoms with Gasteiger partial charge >= 0.3 is 6.18 Å². The van der Waals surface area contributed by atoms with Crippen molar-refractivity contribution >= 4 is 17.6 Å². The fraction of sp³-hybridized carbons (Fsp3) is 0.344. The lowest BCUT2D eigenvalue weighted by molar-refractivity contribution is -0.138. The molecule has 0 bridgehead atoms. The number of hydrogen-bond donors (Lipinski definition) is 2. The molecule has 0 unspecified atom stereocenters. The van der Waals surface area contributed by atoms with Gasteiger partial charge in [-0.25, -0.2) is 4.98 Å². The molecule has 0 radical (unpaired) electrons. The number of nitrogens with zero attached hydrogens (tertiary/aromatic N) is 5. The molecule has 5 heterocycles. The number of aromatic nitrogens is 4. The van der Waals surface area contributed by atoms with E-state index in [2.05, 4.69) is 25.8 Å². The Kier molecular flexibility index (Phi) is 6.53. The molecule has 1 fully saturated rings. The van der Waals surface area contributed by atoms with Gasteiger partial charge in [0.25, 0.3) is 5.91 Å². The molecule has 46 heavy (non-hydrogen) atoms. The van der Waals surface area contributed by atoms with Crippen LogP contribution in [0.3, 0.4) is 0 Å². The van der Waals surface area contributed by atoms with Crippen molar-refractivity contribution in [2.24, 2.45) is 0 Å². The minimum absolute atomic E-state index is 0.0677. The first kappa shape index (κ1) is 28.5. The highest BCUT2D eigenvalue weighted by Crippen LogP contribution is 2.54. The summed E-state index contributed by atoms with van der Waals surface area (Å²) in [6.45, 7) is 3.47. The second-order valence-corrected chi connectivity index (χ2v) is 12.0. The molecular formula is C32H28F3N7O4. The van der Waals surface area contributed by atoms with Crippen LogP contribution >= 0.6 is 0 Å². The van der Waals surface area contributed by atoms with Gasteiger partial charge in [0.1, 0.15) is 40.8 Å². The number of carbonyl (C=O) groups excluding carboxylic acids is 2. The van der Waals surface area contributed by atoms with E-state index in [1.165, 1.54) is 12.1 Å². The SMILES string of the molecule is Cc1nnc2n1CCN(Cc1ccc(C(=O)N[C@H]3[C@H]4Oc5ccc(Oc6ccnc7c6CCC(=O)N7)cc5[C@@H]34)cc1C(F)(F)F)C2. The third kappa shape index (κ3) is 5.02. The summed E-state index contributed by atoms with van der Waals surface area (Å²) in [4.78, 5) is 31.1. The topological polar surface area (TPSA) is 124 Å². The number of alkyl halides is 3. The van der Waals surface area contributed by atoms with E-state index < -0.39 is 17.6 Å². The summed E-state index contributed by atoms with van der Waals surface area (Å²) in [5.41, 5.74) is 0.859. The van der Waals surface area contributed by atoms with Crippen LogP contribution in [0.1, 0.15) is 56.6 Å². The molecule has 1 saturated carbocycles. The zero-order valence-electron chi connectivity index (χ0n) is 24.6. The highest BCUT2D eigenvalue weighted by molar-refractivity contribution is 5.95. The average Bonchev–Trinajstić information content (AvgIpc) is 3.34. The van der Waals surface area contributed by atoms with Gasteiger partial charge in [-0.2, -0.15) is 13.2 Å². The zero-order valence-corrected chi connectivity index (χ0v) is 24.6. The Balaban J connectivity index is 0.958. The Morgan fingerprint density at radius 3 is 2.85 bits per heavy atom. The van der Waals surface area contributed by atoms with Gasteiger partial charge in [0, 0.05) is 48.9 Å². The van der Waals surface area contributed by atoms with Crippen LogP contribution in [-0.4, -0.2) is 55.2 Å². The normalized spacial score (nSPS) is 21.3. The van der Waals surface area contributed by atoms with Gasteiger partial charge in [-0.3, -0.25) is 14.5 Å². The zero-order chi connectivity index (χ0) is 31.7. The van der Waals surface area contributed by atoms with E-state index in [0.717, 1.165) is 28.8 Å². The minimum atomic E-state index is -4.63. The highest BCUT2D eigenvalue weighted by atomic mass is 19.4. The van der Waals surface area contributed by atoms with E-state index >= 15 is 0 Å². The van der Waals surface area contributed by atoms with E-state index in [0.29, 0.717) is 55.5 Å². The Hall–Kier alpha value is -4.98. The number of rotatable bonds is 6. The Morgan fingerprint density at radius 1 is 1.13 bits per heavy atom. The molecule has 11 nitrogen and oxygen atoms in total. The number of carbonyl (C=O) groups is 2. The molecule has 14 heteroatoms. The van der Waals surface area contributed by atoms with Crippen molar-refractivity contribution in [1.82, 2.24) is 30.0 Å². The van der Waals surface area contributed by atoms with Crippen LogP contribution in [0.25, 0.3) is 0 Å². The number of benzene rings is 2. The maximum Gasteiger partial charge on any atom is 0.416 e. The largest absolute Gasteiger partial charge is 0.487 e. The first-order valence-electron chi connectivity index (χ1n) is 15.0. The third-order valence-corrected chi connectivity index (χ3v) is 9.04. The minimum Gasteiger partial charge on any atom is -0.487 e. The number of pyridine rings is 1. The van der Waals surface area contributed by atoms with Crippen LogP contribution in [0.2, 0.25) is 0 Å². The van der Waals surface area contributed by atoms with E-state index in [1.807, 2.05) is 22.5 Å². The molecule has 4 aromatic rings. The number of amides is 2. The Bertz CT molecular complexity index is 1910. The molecule has 0 spiro atoms. The van der Waals surface area contributed by atoms with Crippen molar-refractivity contribution in [2.75, 3.05) is 11.9 Å². The number of nitrogens with one attached hydrogen (secondary N) is 2. The monoisotopic (exact) mass is 631 g/mol. The molecule has 3 aliphatic heterocycles. The maximum absolute atomic E-state index is 14.2. The quantitative estimate of drug-likeness (QED) is 0.322. The lowest BCUT2D eigenvalue weighted by Gasteiger charge is -2.28. The second kappa shape index (κ2) is 10.5. The summed E-state index contributed by atoms with van der Waals surface area (Å²) >= 11 is 0. The fourth-order valence-electron chi connectivity index (χ4n) is 6.64. The van der Waals surface area contributed by atoms with Gasteiger partial charge in [-0.05, 0) is 55.3 Å². The number of hydrogen-bond acceptors (Lipinski definition) is 8. The molecule has 2 amide bonds. The molecule has 2 aromatic carbocycles. The lowest BCUT2D eigenvalue weighted by atomic mass is 10.0. The van der Waals surface area contributed by atoms with Crippen LogP contribution < -0.4 is 20.1 Å². The number of halogens is 3. The summed E-state index contributed by atoms with van der Waals surface area (Å²) in [7, 11) is 0. The first-order chi connectivity index (χ1) is 22.1. The predicted octanol–water partition coefficient (Wildman–Crippen LogP) is 4.35. The van der Waals surface area contributed by atoms with Crippen LogP contribution in [0, 0.1) is 6.92 Å². The van der Waals surface area contributed by atoms with Gasteiger partial charge in [0.2, 0.25) is 5.91 Å². The fourth-order valence-corrected chi connectivity index (χ4v) is 6.64. The molecule has 236 valence electrons.